The van der Waals surface area contributed by atoms with Gasteiger partial charge in [-0.25, -0.2) is 0 Å². The summed E-state index contributed by atoms with van der Waals surface area (Å²) in [6, 6.07) is -2.96. The Kier molecular flexibility index (Phi) is 31.6. The second-order valence-electron chi connectivity index (χ2n) is 20.1. The zero-order chi connectivity index (χ0) is 66.9. The van der Waals surface area contributed by atoms with Gasteiger partial charge in [-0.15, -0.1) is 0 Å². The van der Waals surface area contributed by atoms with E-state index in [1.165, 1.54) is 0 Å². The molecule has 3 fully saturated rings. The Balaban J connectivity index is 1.86. The average Bonchev–Trinajstić information content (AvgIpc) is 0.928. The van der Waals surface area contributed by atoms with Crippen LogP contribution in [0.4, 0.5) is 0 Å². The number of fused-ring (bicyclic) bond motifs is 3. The maximum absolute atomic E-state index is 11.5. The van der Waals surface area contributed by atoms with E-state index < -0.39 is 276 Å². The third-order valence-electron chi connectivity index (χ3n) is 13.7. The molecule has 0 aliphatic carbocycles. The Bertz CT molecular complexity index is 2340. The second kappa shape index (κ2) is 36.4. The summed E-state index contributed by atoms with van der Waals surface area (Å²) in [4.78, 5) is 22.9. The number of carboxylic acid groups (broad SMARTS) is 2. The van der Waals surface area contributed by atoms with Gasteiger partial charge in [0.2, 0.25) is 25.2 Å². The Hall–Kier alpha value is -4.08. The number of hydrogen-bond acceptors (Lipinski definition) is 39. The Morgan fingerprint density at radius 2 is 0.663 bits per heavy atom. The summed E-state index contributed by atoms with van der Waals surface area (Å²) in [5.74, 6) is -16.9. The van der Waals surface area contributed by atoms with Gasteiger partial charge in [0.25, 0.3) is 0 Å². The molecule has 0 amide bonds. The van der Waals surface area contributed by atoms with E-state index >= 15 is 0 Å². The van der Waals surface area contributed by atoms with Crippen molar-refractivity contribution in [2.24, 2.45) is 11.5 Å². The van der Waals surface area contributed by atoms with E-state index in [4.69, 9.17) is 58.8 Å². The summed E-state index contributed by atoms with van der Waals surface area (Å²) in [7, 11) is 0. The number of aliphatic carboxylic acids is 2. The normalized spacial score (nSPS) is 41.6. The minimum absolute atomic E-state index is 0.241. The SMILES string of the molecule is N[C@H](CSCC[C@H]1O[C@@H]2OC(CO)[C@@H](O[C@@H]3OC(CO)[C@@H](O[C@H]4OC(CSC[C@@H](N)C(=O)O)[C@@H](O[C@@H](O)/C(O)=C(\O)[C@@H](CCO)O[C@@H](O)/C(O)=C(/O)[C@@H](CCO)O[C@@H](O)/C(O)=C(\O)[C@@H](CCO)O[C@H](O)/C(O)=C/1O)[C@H](O)C4O)C(O)C3O)[C@H](O)C2O)C(=O)O. The van der Waals surface area contributed by atoms with Crippen LogP contribution in [0.2, 0.25) is 0 Å². The molecule has 0 spiro atoms. The molecule has 7 unspecified atom stereocenters. The van der Waals surface area contributed by atoms with Gasteiger partial charge in [-0.1, -0.05) is 0 Å². The lowest BCUT2D eigenvalue weighted by Gasteiger charge is -2.48. The van der Waals surface area contributed by atoms with Gasteiger partial charge in [0.05, 0.1) is 19.3 Å². The summed E-state index contributed by atoms with van der Waals surface area (Å²) >= 11 is 1.53. The third kappa shape index (κ3) is 20.5. The van der Waals surface area contributed by atoms with Gasteiger partial charge in [-0.3, -0.25) is 9.59 Å². The topological polar surface area (TPSA) is 684 Å². The molecular formula is C48H80N2O37S2. The molecule has 6 bridgehead atoms. The van der Waals surface area contributed by atoms with Crippen LogP contribution in [0.15, 0.2) is 46.1 Å². The largest absolute Gasteiger partial charge is 0.506 e. The number of hydrogen-bond donors (Lipinski definition) is 27. The molecule has 39 nitrogen and oxygen atoms in total. The number of rotatable bonds is 19. The minimum atomic E-state index is -2.88. The van der Waals surface area contributed by atoms with Crippen LogP contribution in [0.3, 0.4) is 0 Å². The van der Waals surface area contributed by atoms with E-state index in [1.54, 1.807) is 0 Å². The van der Waals surface area contributed by atoms with Gasteiger partial charge in [0.1, 0.15) is 104 Å². The Morgan fingerprint density at radius 1 is 0.371 bits per heavy atom. The highest BCUT2D eigenvalue weighted by atomic mass is 32.2. The summed E-state index contributed by atoms with van der Waals surface area (Å²) < 4.78 is 55.2. The predicted octanol–water partition coefficient (Wildman–Crippen LogP) is -8.57. The molecule has 0 saturated carbocycles. The molecule has 0 radical (unpaired) electrons. The number of aliphatic hydroxyl groups excluding tert-OH is 23. The van der Waals surface area contributed by atoms with Gasteiger partial charge in [0, 0.05) is 56.3 Å². The molecule has 7 aliphatic heterocycles. The molecule has 7 heterocycles. The van der Waals surface area contributed by atoms with Gasteiger partial charge in [-0.05, 0) is 12.2 Å². The lowest BCUT2D eigenvalue weighted by atomic mass is 9.96. The van der Waals surface area contributed by atoms with Crippen LogP contribution in [0, 0.1) is 0 Å². The summed E-state index contributed by atoms with van der Waals surface area (Å²) in [5.41, 5.74) is 11.2. The van der Waals surface area contributed by atoms with E-state index in [2.05, 4.69) is 0 Å². The fraction of sp³-hybridized carbons (Fsp3) is 0.792. The molecule has 89 heavy (non-hydrogen) atoms. The van der Waals surface area contributed by atoms with Crippen LogP contribution < -0.4 is 11.5 Å². The first-order valence-corrected chi connectivity index (χ1v) is 29.2. The van der Waals surface area contributed by atoms with Crippen molar-refractivity contribution in [3.8, 4) is 0 Å². The predicted molar refractivity (Wildman–Crippen MR) is 289 cm³/mol. The number of nitrogens with two attached hydrogens (primary N) is 2. The fourth-order valence-corrected chi connectivity index (χ4v) is 10.8. The van der Waals surface area contributed by atoms with E-state index in [1.807, 2.05) is 0 Å². The van der Waals surface area contributed by atoms with Crippen molar-refractivity contribution in [1.29, 1.82) is 0 Å². The molecule has 7 aliphatic rings. The monoisotopic (exact) mass is 1340 g/mol. The highest BCUT2D eigenvalue weighted by molar-refractivity contribution is 7.99. The molecular weight excluding hydrogens is 1260 g/mol. The van der Waals surface area contributed by atoms with Crippen molar-refractivity contribution >= 4 is 35.5 Å². The summed E-state index contributed by atoms with van der Waals surface area (Å²) in [6.07, 6.45) is -55.2. The number of carboxylic acids is 2. The molecule has 0 aromatic heterocycles. The molecule has 3 saturated heterocycles. The van der Waals surface area contributed by atoms with Crippen LogP contribution in [-0.4, -0.2) is 349 Å². The average molecular weight is 1340 g/mol. The van der Waals surface area contributed by atoms with Crippen molar-refractivity contribution in [3.05, 3.63) is 46.1 Å². The van der Waals surface area contributed by atoms with Crippen molar-refractivity contribution in [2.75, 3.05) is 56.0 Å². The van der Waals surface area contributed by atoms with Crippen molar-refractivity contribution in [1.82, 2.24) is 0 Å². The number of carbonyl (C=O) groups is 2. The minimum Gasteiger partial charge on any atom is -0.506 e. The van der Waals surface area contributed by atoms with E-state index in [9.17, 15) is 137 Å². The molecule has 29 N–H and O–H groups in total. The molecule has 25 atom stereocenters. The lowest BCUT2D eigenvalue weighted by Crippen LogP contribution is -2.67. The third-order valence-corrected chi connectivity index (χ3v) is 16.0. The molecule has 0 aromatic carbocycles. The second-order valence-corrected chi connectivity index (χ2v) is 22.3. The van der Waals surface area contributed by atoms with Crippen LogP contribution in [0.5, 0.6) is 0 Å². The zero-order valence-corrected chi connectivity index (χ0v) is 48.3. The van der Waals surface area contributed by atoms with Gasteiger partial charge < -0.3 is 186 Å². The summed E-state index contributed by atoms with van der Waals surface area (Å²) in [6.45, 7) is -5.28. The Labute approximate surface area is 511 Å². The zero-order valence-electron chi connectivity index (χ0n) is 46.7. The van der Waals surface area contributed by atoms with Gasteiger partial charge in [-0.2, -0.15) is 23.5 Å². The van der Waals surface area contributed by atoms with Gasteiger partial charge >= 0.3 is 11.9 Å². The maximum atomic E-state index is 11.5. The van der Waals surface area contributed by atoms with Crippen molar-refractivity contribution < 1.29 is 185 Å². The quantitative estimate of drug-likeness (QED) is 0.0534. The standard InChI is InChI=1S/C48H80N2O37S2/c49-14(40(70)71)11-88-8-4-19-26(59)32(65)44(76)79-17(2-6-52)24(57)30(63)42(74)78-16(1-5-51)23(56)31(64)43(75)80-18(3-7-53)25(58)33(66)45(77)85-39-22(13-89-12-15(50)41(72)73)84-48(36(69)29(39)62)87-38-21(10-55)83-47(35(68)28(38)61)86-37-20(9-54)82-46(81-19)34(67)27(37)60/h14-22,27-29,34-39,42-48,51-69,74-77H,1-13,49-50H2,(H,70,71)(H,72,73)/b30-24+,31-23-,32-26+,33-25+/t14-,15-,16-,17-,18-,19-,20?,21?,22?,27-,28?,29-,34?,35?,36?,37-,38-,39-,42-,43-,44+,45-,46-,47+,48-/m1/s1. The van der Waals surface area contributed by atoms with E-state index in [0.717, 1.165) is 11.8 Å². The van der Waals surface area contributed by atoms with Crippen LogP contribution in [0.1, 0.15) is 25.7 Å². The molecule has 7 rings (SSSR count). The fourth-order valence-electron chi connectivity index (χ4n) is 8.78. The Morgan fingerprint density at radius 3 is 0.989 bits per heavy atom. The molecule has 41 heteroatoms. The summed E-state index contributed by atoms with van der Waals surface area (Å²) in [5, 5.41) is 270. The lowest BCUT2D eigenvalue weighted by molar-refractivity contribution is -0.381. The highest BCUT2D eigenvalue weighted by Crippen LogP contribution is 2.36. The first-order valence-electron chi connectivity index (χ1n) is 26.9. The smallest absolute Gasteiger partial charge is 0.321 e. The van der Waals surface area contributed by atoms with E-state index in [-0.39, 0.29) is 17.3 Å². The first-order chi connectivity index (χ1) is 41.9. The first kappa shape index (κ1) is 77.4. The number of aliphatic hydroxyl groups is 23. The number of thioether (sulfide) groups is 2. The van der Waals surface area contributed by atoms with Gasteiger partial charge in [0.15, 0.2) is 64.9 Å². The van der Waals surface area contributed by atoms with Crippen LogP contribution in [0.25, 0.3) is 0 Å². The number of ether oxygens (including phenoxy) is 10. The highest BCUT2D eigenvalue weighted by Gasteiger charge is 2.55. The molecule has 516 valence electrons. The van der Waals surface area contributed by atoms with Crippen molar-refractivity contribution in [2.45, 2.75) is 179 Å². The van der Waals surface area contributed by atoms with Crippen LogP contribution in [-0.2, 0) is 57.0 Å². The maximum Gasteiger partial charge on any atom is 0.321 e. The van der Waals surface area contributed by atoms with Crippen molar-refractivity contribution in [3.63, 3.8) is 0 Å². The van der Waals surface area contributed by atoms with E-state index in [0.29, 0.717) is 11.8 Å². The molecule has 0 aromatic rings. The van der Waals surface area contributed by atoms with Crippen LogP contribution >= 0.6 is 23.5 Å².